The summed E-state index contributed by atoms with van der Waals surface area (Å²) in [5.74, 6) is -1.72. The number of sulfonamides is 1. The van der Waals surface area contributed by atoms with Crippen LogP contribution in [0.25, 0.3) is 0 Å². The first-order valence-electron chi connectivity index (χ1n) is 11.9. The van der Waals surface area contributed by atoms with Gasteiger partial charge in [-0.3, -0.25) is 13.9 Å². The second-order valence-corrected chi connectivity index (χ2v) is 11.1. The van der Waals surface area contributed by atoms with E-state index >= 15 is 0 Å². The summed E-state index contributed by atoms with van der Waals surface area (Å²) >= 11 is 12.0. The van der Waals surface area contributed by atoms with Gasteiger partial charge in [-0.2, -0.15) is 0 Å². The van der Waals surface area contributed by atoms with Crippen molar-refractivity contribution in [2.45, 2.75) is 37.8 Å². The van der Waals surface area contributed by atoms with Gasteiger partial charge in [0.05, 0.1) is 15.6 Å². The number of hydrogen-bond acceptors (Lipinski definition) is 4. The predicted octanol–water partition coefficient (Wildman–Crippen LogP) is 5.27. The number of carbonyl (C=O) groups excluding carboxylic acids is 2. The van der Waals surface area contributed by atoms with E-state index < -0.39 is 34.3 Å². The van der Waals surface area contributed by atoms with Crippen LogP contribution in [0.15, 0.2) is 77.7 Å². The van der Waals surface area contributed by atoms with Gasteiger partial charge in [0, 0.05) is 18.1 Å². The summed E-state index contributed by atoms with van der Waals surface area (Å²) in [7, 11) is -4.27. The molecule has 3 aromatic carbocycles. The summed E-state index contributed by atoms with van der Waals surface area (Å²) in [6.07, 6.45) is 0.291. The molecule has 1 N–H and O–H groups in total. The van der Waals surface area contributed by atoms with Crippen LogP contribution in [0.3, 0.4) is 0 Å². The highest BCUT2D eigenvalue weighted by molar-refractivity contribution is 7.92. The van der Waals surface area contributed by atoms with Gasteiger partial charge in [-0.1, -0.05) is 60.5 Å². The topological polar surface area (TPSA) is 86.8 Å². The number of rotatable bonds is 11. The molecule has 0 radical (unpaired) electrons. The summed E-state index contributed by atoms with van der Waals surface area (Å²) < 4.78 is 42.2. The van der Waals surface area contributed by atoms with Crippen molar-refractivity contribution in [3.63, 3.8) is 0 Å². The molecule has 1 atom stereocenters. The summed E-state index contributed by atoms with van der Waals surface area (Å²) in [6, 6.07) is 16.9. The Balaban J connectivity index is 2.06. The summed E-state index contributed by atoms with van der Waals surface area (Å²) in [5, 5.41) is 2.95. The SMILES string of the molecule is CCNC(=O)[C@H](CC)N(Cc1ccc(Cl)cc1)C(=O)CN(c1ccc(F)c(Cl)c1)S(=O)(=O)c1ccccc1. The lowest BCUT2D eigenvalue weighted by atomic mass is 10.1. The summed E-state index contributed by atoms with van der Waals surface area (Å²) in [6.45, 7) is 3.28. The monoisotopic (exact) mass is 579 g/mol. The minimum absolute atomic E-state index is 0.00565. The Labute approximate surface area is 232 Å². The quantitative estimate of drug-likeness (QED) is 0.335. The maximum atomic E-state index is 13.9. The molecule has 0 bridgehead atoms. The fourth-order valence-electron chi connectivity index (χ4n) is 3.89. The normalized spacial score (nSPS) is 12.0. The van der Waals surface area contributed by atoms with Crippen LogP contribution in [0.2, 0.25) is 10.0 Å². The zero-order valence-corrected chi connectivity index (χ0v) is 23.2. The van der Waals surface area contributed by atoms with Crippen LogP contribution >= 0.6 is 23.2 Å². The van der Waals surface area contributed by atoms with Gasteiger partial charge in [-0.05, 0) is 61.4 Å². The molecule has 0 aliphatic heterocycles. The van der Waals surface area contributed by atoms with Gasteiger partial charge in [0.25, 0.3) is 10.0 Å². The third-order valence-electron chi connectivity index (χ3n) is 5.80. The Morgan fingerprint density at radius 1 is 0.974 bits per heavy atom. The summed E-state index contributed by atoms with van der Waals surface area (Å²) in [4.78, 5) is 28.0. The highest BCUT2D eigenvalue weighted by atomic mass is 35.5. The Hall–Kier alpha value is -3.14. The molecule has 202 valence electrons. The molecule has 38 heavy (non-hydrogen) atoms. The number of benzene rings is 3. The average molecular weight is 581 g/mol. The van der Waals surface area contributed by atoms with E-state index in [1.165, 1.54) is 23.1 Å². The Morgan fingerprint density at radius 3 is 2.21 bits per heavy atom. The maximum absolute atomic E-state index is 13.9. The Bertz CT molecular complexity index is 1370. The molecular formula is C27H28Cl2FN3O4S. The highest BCUT2D eigenvalue weighted by Gasteiger charge is 2.33. The van der Waals surface area contributed by atoms with Crippen LogP contribution in [0.4, 0.5) is 10.1 Å². The molecule has 0 saturated carbocycles. The van der Waals surface area contributed by atoms with E-state index in [0.717, 1.165) is 16.4 Å². The van der Waals surface area contributed by atoms with Gasteiger partial charge in [0.1, 0.15) is 18.4 Å². The standard InChI is InChI=1S/C27H28Cl2FN3O4S/c1-3-25(27(35)31-4-2)32(17-19-10-12-20(28)13-11-19)26(34)18-33(21-14-15-24(30)23(29)16-21)38(36,37)22-8-6-5-7-9-22/h5-16,25H,3-4,17-18H2,1-2H3,(H,31,35)/t25-/m0/s1. The second kappa shape index (κ2) is 13.1. The number of halogens is 3. The molecule has 0 aromatic heterocycles. The molecule has 7 nitrogen and oxygen atoms in total. The van der Waals surface area contributed by atoms with Crippen molar-refractivity contribution in [3.05, 3.63) is 94.2 Å². The van der Waals surface area contributed by atoms with E-state index in [1.54, 1.807) is 56.3 Å². The molecule has 0 heterocycles. The first-order chi connectivity index (χ1) is 18.1. The van der Waals surface area contributed by atoms with Crippen LogP contribution in [-0.2, 0) is 26.2 Å². The fourth-order valence-corrected chi connectivity index (χ4v) is 5.61. The zero-order valence-electron chi connectivity index (χ0n) is 20.9. The van der Waals surface area contributed by atoms with E-state index in [1.807, 2.05) is 0 Å². The van der Waals surface area contributed by atoms with Gasteiger partial charge < -0.3 is 10.2 Å². The first kappa shape index (κ1) is 29.4. The summed E-state index contributed by atoms with van der Waals surface area (Å²) in [5.41, 5.74) is 0.707. The van der Waals surface area contributed by atoms with Crippen molar-refractivity contribution in [1.29, 1.82) is 0 Å². The van der Waals surface area contributed by atoms with Crippen molar-refractivity contribution in [3.8, 4) is 0 Å². The molecule has 0 spiro atoms. The average Bonchev–Trinajstić information content (AvgIpc) is 2.90. The number of carbonyl (C=O) groups is 2. The lowest BCUT2D eigenvalue weighted by Gasteiger charge is -2.33. The van der Waals surface area contributed by atoms with Crippen LogP contribution in [0, 0.1) is 5.82 Å². The molecule has 0 fully saturated rings. The molecule has 11 heteroatoms. The predicted molar refractivity (Wildman–Crippen MR) is 147 cm³/mol. The smallest absolute Gasteiger partial charge is 0.264 e. The maximum Gasteiger partial charge on any atom is 0.264 e. The van der Waals surface area contributed by atoms with Crippen LogP contribution in [0.1, 0.15) is 25.8 Å². The van der Waals surface area contributed by atoms with E-state index in [2.05, 4.69) is 5.32 Å². The van der Waals surface area contributed by atoms with Crippen molar-refractivity contribution < 1.29 is 22.4 Å². The molecule has 3 rings (SSSR count). The van der Waals surface area contributed by atoms with Crippen molar-refractivity contribution in [2.75, 3.05) is 17.4 Å². The third kappa shape index (κ3) is 7.03. The van der Waals surface area contributed by atoms with E-state index in [0.29, 0.717) is 23.6 Å². The molecule has 3 aromatic rings. The largest absolute Gasteiger partial charge is 0.355 e. The lowest BCUT2D eigenvalue weighted by molar-refractivity contribution is -0.140. The van der Waals surface area contributed by atoms with E-state index in [9.17, 15) is 22.4 Å². The lowest BCUT2D eigenvalue weighted by Crippen LogP contribution is -2.52. The van der Waals surface area contributed by atoms with Crippen molar-refractivity contribution in [2.24, 2.45) is 0 Å². The number of amides is 2. The molecule has 0 aliphatic rings. The number of nitrogens with one attached hydrogen (secondary N) is 1. The van der Waals surface area contributed by atoms with Crippen molar-refractivity contribution in [1.82, 2.24) is 10.2 Å². The highest BCUT2D eigenvalue weighted by Crippen LogP contribution is 2.28. The molecule has 2 amide bonds. The van der Waals surface area contributed by atoms with Gasteiger partial charge in [-0.15, -0.1) is 0 Å². The van der Waals surface area contributed by atoms with Crippen LogP contribution in [0.5, 0.6) is 0 Å². The number of likely N-dealkylation sites (N-methyl/N-ethyl adjacent to an activating group) is 1. The molecule has 0 unspecified atom stereocenters. The second-order valence-electron chi connectivity index (χ2n) is 8.39. The first-order valence-corrected chi connectivity index (χ1v) is 14.1. The molecular weight excluding hydrogens is 552 g/mol. The molecule has 0 aliphatic carbocycles. The van der Waals surface area contributed by atoms with Gasteiger partial charge in [-0.25, -0.2) is 12.8 Å². The minimum atomic E-state index is -4.27. The van der Waals surface area contributed by atoms with Crippen molar-refractivity contribution >= 4 is 50.7 Å². The van der Waals surface area contributed by atoms with Crippen LogP contribution < -0.4 is 9.62 Å². The number of anilines is 1. The van der Waals surface area contributed by atoms with E-state index in [-0.39, 0.29) is 28.1 Å². The van der Waals surface area contributed by atoms with Crippen LogP contribution in [-0.4, -0.2) is 44.3 Å². The third-order valence-corrected chi connectivity index (χ3v) is 8.13. The Morgan fingerprint density at radius 2 is 1.63 bits per heavy atom. The number of nitrogens with zero attached hydrogens (tertiary/aromatic N) is 2. The zero-order chi connectivity index (χ0) is 27.9. The number of hydrogen-bond donors (Lipinski definition) is 1. The Kier molecular flexibility index (Phi) is 10.1. The van der Waals surface area contributed by atoms with Gasteiger partial charge >= 0.3 is 0 Å². The van der Waals surface area contributed by atoms with E-state index in [4.69, 9.17) is 23.2 Å². The van der Waals surface area contributed by atoms with Gasteiger partial charge in [0.2, 0.25) is 11.8 Å². The minimum Gasteiger partial charge on any atom is -0.355 e. The fraction of sp³-hybridized carbons (Fsp3) is 0.259. The molecule has 0 saturated heterocycles. The van der Waals surface area contributed by atoms with Gasteiger partial charge in [0.15, 0.2) is 0 Å².